The first-order chi connectivity index (χ1) is 33.2. The van der Waals surface area contributed by atoms with Crippen molar-refractivity contribution in [3.63, 3.8) is 0 Å². The maximum Gasteiger partial charge on any atom is 0.325 e. The molecule has 1 amide bonds. The van der Waals surface area contributed by atoms with Crippen molar-refractivity contribution in [2.75, 3.05) is 101 Å². The van der Waals surface area contributed by atoms with E-state index in [0.717, 1.165) is 155 Å². The van der Waals surface area contributed by atoms with Crippen LogP contribution in [0.1, 0.15) is 169 Å². The number of methoxy groups -OCH3 is 3. The first kappa shape index (κ1) is 62.4. The van der Waals surface area contributed by atoms with Gasteiger partial charge in [0, 0.05) is 103 Å². The SMILES string of the molecule is C=C(OOCCCCCOCCCCCCOC)c1cc(C(=O)N[C@@H](C)C(=O)O)cc(C(=C)OOCCCCCOCCCCCCOC)c1C(=C)OOCCCCCOCCCCCCOC. The molecule has 68 heavy (non-hydrogen) atoms. The lowest BCUT2D eigenvalue weighted by Crippen LogP contribution is -2.38. The zero-order valence-electron chi connectivity index (χ0n) is 42.4. The molecule has 0 aliphatic rings. The van der Waals surface area contributed by atoms with Crippen molar-refractivity contribution in [1.29, 1.82) is 0 Å². The van der Waals surface area contributed by atoms with E-state index in [0.29, 0.717) is 39.1 Å². The van der Waals surface area contributed by atoms with Gasteiger partial charge in [0.05, 0.1) is 19.8 Å². The average Bonchev–Trinajstić information content (AvgIpc) is 3.33. The van der Waals surface area contributed by atoms with Gasteiger partial charge in [-0.15, -0.1) is 0 Å². The number of amides is 1. The molecule has 0 radical (unpaired) electrons. The van der Waals surface area contributed by atoms with Gasteiger partial charge < -0.3 is 53.5 Å². The summed E-state index contributed by atoms with van der Waals surface area (Å²) in [7, 11) is 5.17. The van der Waals surface area contributed by atoms with E-state index in [-0.39, 0.29) is 59.4 Å². The third-order valence-corrected chi connectivity index (χ3v) is 10.7. The quantitative estimate of drug-likeness (QED) is 0.0273. The first-order valence-electron chi connectivity index (χ1n) is 25.1. The van der Waals surface area contributed by atoms with Crippen LogP contribution in [-0.4, -0.2) is 124 Å². The maximum atomic E-state index is 13.5. The summed E-state index contributed by atoms with van der Waals surface area (Å²) in [6, 6.07) is 1.78. The number of carboxylic acids is 1. The van der Waals surface area contributed by atoms with Gasteiger partial charge in [-0.2, -0.15) is 14.7 Å². The predicted molar refractivity (Wildman–Crippen MR) is 264 cm³/mol. The highest BCUT2D eigenvalue weighted by Gasteiger charge is 2.25. The number of hydrogen-bond donors (Lipinski definition) is 2. The number of ether oxygens (including phenoxy) is 6. The number of aliphatic carboxylic acids is 1. The molecular weight excluding hydrogens is 879 g/mol. The standard InChI is InChI=1S/C52H89NO15/c1-43(52(55)56)53-51(54)47-41-48(44(2)66-63-38-26-14-23-35-60-32-20-11-8-17-29-57-5)50(46(4)68-65-40-28-16-25-37-62-34-22-13-10-19-31-59-7)49(42-47)45(3)67-64-39-27-15-24-36-61-33-21-12-9-18-30-58-6/h41-43H,2-4,8-40H2,1,5-7H3,(H,53,54)(H,55,56)/t43-/m0/s1. The highest BCUT2D eigenvalue weighted by Crippen LogP contribution is 2.35. The first-order valence-corrected chi connectivity index (χ1v) is 25.1. The summed E-state index contributed by atoms with van der Waals surface area (Å²) >= 11 is 0. The van der Waals surface area contributed by atoms with Crippen molar-refractivity contribution in [1.82, 2.24) is 5.32 Å². The molecular formula is C52H89NO15. The number of carbonyl (C=O) groups is 2. The molecule has 1 aromatic carbocycles. The Bertz CT molecular complexity index is 1390. The number of carboxylic acid groups (broad SMARTS) is 1. The lowest BCUT2D eigenvalue weighted by Gasteiger charge is -2.20. The fraction of sp³-hybridized carbons (Fsp3) is 0.731. The van der Waals surface area contributed by atoms with Crippen LogP contribution in [0.15, 0.2) is 31.9 Å². The van der Waals surface area contributed by atoms with Crippen LogP contribution >= 0.6 is 0 Å². The summed E-state index contributed by atoms with van der Waals surface area (Å²) in [4.78, 5) is 59.1. The topological polar surface area (TPSA) is 177 Å². The van der Waals surface area contributed by atoms with Crippen molar-refractivity contribution >= 4 is 29.2 Å². The third-order valence-electron chi connectivity index (χ3n) is 10.7. The molecule has 0 saturated carbocycles. The Labute approximate surface area is 408 Å². The lowest BCUT2D eigenvalue weighted by molar-refractivity contribution is -0.237. The third kappa shape index (κ3) is 33.0. The Morgan fingerprint density at radius 2 is 0.735 bits per heavy atom. The molecule has 0 bridgehead atoms. The summed E-state index contributed by atoms with van der Waals surface area (Å²) in [5, 5.41) is 12.0. The Balaban J connectivity index is 2.96. The van der Waals surface area contributed by atoms with Gasteiger partial charge in [-0.1, -0.05) is 58.3 Å². The van der Waals surface area contributed by atoms with E-state index in [1.165, 1.54) is 19.1 Å². The zero-order chi connectivity index (χ0) is 49.7. The number of carbonyl (C=O) groups excluding carboxylic acids is 1. The van der Waals surface area contributed by atoms with E-state index in [2.05, 4.69) is 25.1 Å². The van der Waals surface area contributed by atoms with Crippen LogP contribution in [-0.2, 0) is 62.5 Å². The van der Waals surface area contributed by atoms with Gasteiger partial charge in [-0.3, -0.25) is 9.59 Å². The average molecular weight is 968 g/mol. The lowest BCUT2D eigenvalue weighted by atomic mass is 9.94. The van der Waals surface area contributed by atoms with Gasteiger partial charge >= 0.3 is 5.97 Å². The van der Waals surface area contributed by atoms with Crippen LogP contribution in [0.5, 0.6) is 0 Å². The highest BCUT2D eigenvalue weighted by atomic mass is 17.2. The van der Waals surface area contributed by atoms with E-state index in [1.807, 2.05) is 0 Å². The van der Waals surface area contributed by atoms with E-state index >= 15 is 0 Å². The molecule has 16 nitrogen and oxygen atoms in total. The Hall–Kier alpha value is -3.58. The maximum absolute atomic E-state index is 13.5. The van der Waals surface area contributed by atoms with Crippen molar-refractivity contribution in [3.8, 4) is 0 Å². The number of unbranched alkanes of at least 4 members (excludes halogenated alkanes) is 15. The Morgan fingerprint density at radius 1 is 0.456 bits per heavy atom. The summed E-state index contributed by atoms with van der Waals surface area (Å²) in [5.74, 6) is -1.77. The van der Waals surface area contributed by atoms with E-state index < -0.39 is 17.9 Å². The largest absolute Gasteiger partial charge is 0.480 e. The minimum atomic E-state index is -1.20. The van der Waals surface area contributed by atoms with E-state index in [1.54, 1.807) is 21.3 Å². The number of rotatable bonds is 51. The van der Waals surface area contributed by atoms with Crippen LogP contribution in [0.3, 0.4) is 0 Å². The van der Waals surface area contributed by atoms with Gasteiger partial charge in [0.25, 0.3) is 5.91 Å². The molecule has 1 atom stereocenters. The van der Waals surface area contributed by atoms with Crippen LogP contribution in [0, 0.1) is 0 Å². The van der Waals surface area contributed by atoms with E-state index in [4.69, 9.17) is 57.7 Å². The van der Waals surface area contributed by atoms with Gasteiger partial charge in [0.1, 0.15) is 6.04 Å². The van der Waals surface area contributed by atoms with Crippen molar-refractivity contribution in [3.05, 3.63) is 54.1 Å². The van der Waals surface area contributed by atoms with E-state index in [9.17, 15) is 14.7 Å². The minimum absolute atomic E-state index is 0.0257. The fourth-order valence-corrected chi connectivity index (χ4v) is 6.67. The van der Waals surface area contributed by atoms with Crippen molar-refractivity contribution in [2.45, 2.75) is 148 Å². The fourth-order valence-electron chi connectivity index (χ4n) is 6.67. The molecule has 0 aliphatic heterocycles. The number of hydrogen-bond acceptors (Lipinski definition) is 14. The molecule has 0 heterocycles. The van der Waals surface area contributed by atoms with Crippen LogP contribution in [0.4, 0.5) is 0 Å². The molecule has 0 spiro atoms. The molecule has 0 saturated heterocycles. The second kappa shape index (κ2) is 44.6. The summed E-state index contributed by atoms with van der Waals surface area (Å²) in [6.07, 6.45) is 20.5. The van der Waals surface area contributed by atoms with Gasteiger partial charge in [-0.05, 0) is 115 Å². The number of nitrogens with one attached hydrogen (secondary N) is 1. The minimum Gasteiger partial charge on any atom is -0.480 e. The zero-order valence-corrected chi connectivity index (χ0v) is 42.4. The summed E-state index contributed by atoms with van der Waals surface area (Å²) < 4.78 is 32.6. The smallest absolute Gasteiger partial charge is 0.325 e. The van der Waals surface area contributed by atoms with Gasteiger partial charge in [0.15, 0.2) is 17.3 Å². The highest BCUT2D eigenvalue weighted by molar-refractivity contribution is 5.99. The van der Waals surface area contributed by atoms with Gasteiger partial charge in [0.2, 0.25) is 0 Å². The molecule has 16 heteroatoms. The second-order valence-corrected chi connectivity index (χ2v) is 16.7. The van der Waals surface area contributed by atoms with Crippen LogP contribution < -0.4 is 5.32 Å². The molecule has 0 fully saturated rings. The van der Waals surface area contributed by atoms with Crippen molar-refractivity contribution < 1.29 is 72.4 Å². The summed E-state index contributed by atoms with van der Waals surface area (Å²) in [5.41, 5.74) is 0.844. The molecule has 2 N–H and O–H groups in total. The molecule has 392 valence electrons. The second-order valence-electron chi connectivity index (χ2n) is 16.7. The van der Waals surface area contributed by atoms with Crippen LogP contribution in [0.2, 0.25) is 0 Å². The molecule has 0 unspecified atom stereocenters. The molecule has 0 aliphatic carbocycles. The van der Waals surface area contributed by atoms with Gasteiger partial charge in [-0.25, -0.2) is 0 Å². The monoisotopic (exact) mass is 968 g/mol. The summed E-state index contributed by atoms with van der Waals surface area (Å²) in [6.45, 7) is 21.1. The molecule has 0 aromatic heterocycles. The van der Waals surface area contributed by atoms with Crippen LogP contribution in [0.25, 0.3) is 17.3 Å². The number of benzene rings is 1. The Kier molecular flexibility index (Phi) is 41.0. The predicted octanol–water partition coefficient (Wildman–Crippen LogP) is 10.8. The molecule has 1 rings (SSSR count). The van der Waals surface area contributed by atoms with Crippen molar-refractivity contribution in [2.24, 2.45) is 0 Å². The molecule has 1 aromatic rings. The Morgan fingerprint density at radius 3 is 1.04 bits per heavy atom. The normalized spacial score (nSPS) is 11.6.